The molecular weight excluding hydrogens is 354 g/mol. The number of methoxy groups -OCH3 is 1. The molecule has 0 aromatic heterocycles. The normalized spacial score (nSPS) is 9.88. The number of hydrogen-bond donors (Lipinski definition) is 0. The van der Waals surface area contributed by atoms with Crippen LogP contribution in [0.15, 0.2) is 27.1 Å². The van der Waals surface area contributed by atoms with Crippen LogP contribution in [0.4, 0.5) is 0 Å². The summed E-state index contributed by atoms with van der Waals surface area (Å²) in [7, 11) is 2.84. The van der Waals surface area contributed by atoms with Crippen LogP contribution in [0.5, 0.6) is 0 Å². The van der Waals surface area contributed by atoms with E-state index in [9.17, 15) is 9.59 Å². The number of halogens is 2. The second-order valence-electron chi connectivity index (χ2n) is 3.36. The van der Waals surface area contributed by atoms with Gasteiger partial charge in [0.15, 0.2) is 0 Å². The quantitative estimate of drug-likeness (QED) is 0.774. The standard InChI is InChI=1S/C11H11Br2NO3/c1-14(6-10(15)17-2)11(16)8-4-3-7(12)5-9(8)13/h3-5H,6H2,1-2H3. The molecule has 0 fully saturated rings. The van der Waals surface area contributed by atoms with E-state index >= 15 is 0 Å². The third kappa shape index (κ3) is 3.81. The fourth-order valence-corrected chi connectivity index (χ4v) is 2.42. The number of carbonyl (C=O) groups excluding carboxylic acids is 2. The predicted octanol–water partition coefficient (Wildman–Crippen LogP) is 2.46. The van der Waals surface area contributed by atoms with Gasteiger partial charge in [0.1, 0.15) is 6.54 Å². The lowest BCUT2D eigenvalue weighted by molar-refractivity contribution is -0.141. The Kier molecular flexibility index (Phi) is 5.14. The van der Waals surface area contributed by atoms with E-state index in [4.69, 9.17) is 0 Å². The average Bonchev–Trinajstić information content (AvgIpc) is 2.28. The molecule has 0 N–H and O–H groups in total. The van der Waals surface area contributed by atoms with E-state index in [2.05, 4.69) is 36.6 Å². The highest BCUT2D eigenvalue weighted by atomic mass is 79.9. The Bertz CT molecular complexity index is 448. The van der Waals surface area contributed by atoms with Crippen LogP contribution in [0.25, 0.3) is 0 Å². The van der Waals surface area contributed by atoms with Crippen LogP contribution in [0, 0.1) is 0 Å². The summed E-state index contributed by atoms with van der Waals surface area (Å²) in [6, 6.07) is 5.23. The third-order valence-electron chi connectivity index (χ3n) is 2.10. The van der Waals surface area contributed by atoms with E-state index in [0.29, 0.717) is 10.0 Å². The summed E-state index contributed by atoms with van der Waals surface area (Å²) in [5, 5.41) is 0. The summed E-state index contributed by atoms with van der Waals surface area (Å²) in [5.74, 6) is -0.691. The molecule has 0 spiro atoms. The van der Waals surface area contributed by atoms with Crippen molar-refractivity contribution in [1.29, 1.82) is 0 Å². The first-order valence-electron chi connectivity index (χ1n) is 4.73. The number of ether oxygens (including phenoxy) is 1. The zero-order valence-electron chi connectivity index (χ0n) is 9.37. The lowest BCUT2D eigenvalue weighted by Crippen LogP contribution is -2.32. The van der Waals surface area contributed by atoms with Crippen LogP contribution in [0.2, 0.25) is 0 Å². The van der Waals surface area contributed by atoms with Crippen LogP contribution in [0.1, 0.15) is 10.4 Å². The first-order valence-corrected chi connectivity index (χ1v) is 6.31. The van der Waals surface area contributed by atoms with Crippen LogP contribution < -0.4 is 0 Å². The molecule has 0 bridgehead atoms. The Hall–Kier alpha value is -0.880. The molecule has 0 aliphatic carbocycles. The van der Waals surface area contributed by atoms with Gasteiger partial charge in [0.2, 0.25) is 0 Å². The van der Waals surface area contributed by atoms with Gasteiger partial charge in [0, 0.05) is 16.0 Å². The van der Waals surface area contributed by atoms with Gasteiger partial charge in [-0.2, -0.15) is 0 Å². The first-order chi connectivity index (χ1) is 7.95. The van der Waals surface area contributed by atoms with Gasteiger partial charge in [-0.05, 0) is 34.1 Å². The summed E-state index contributed by atoms with van der Waals surface area (Å²) < 4.78 is 6.05. The van der Waals surface area contributed by atoms with Crippen molar-refractivity contribution in [1.82, 2.24) is 4.90 Å². The molecule has 0 heterocycles. The molecule has 0 unspecified atom stereocenters. The monoisotopic (exact) mass is 363 g/mol. The molecule has 0 saturated carbocycles. The SMILES string of the molecule is COC(=O)CN(C)C(=O)c1ccc(Br)cc1Br. The number of hydrogen-bond acceptors (Lipinski definition) is 3. The summed E-state index contributed by atoms with van der Waals surface area (Å²) in [6.07, 6.45) is 0. The summed E-state index contributed by atoms with van der Waals surface area (Å²) in [6.45, 7) is -0.0716. The van der Waals surface area contributed by atoms with Crippen molar-refractivity contribution in [2.75, 3.05) is 20.7 Å². The molecule has 17 heavy (non-hydrogen) atoms. The second-order valence-corrected chi connectivity index (χ2v) is 5.13. The molecule has 1 aromatic carbocycles. The number of amides is 1. The Morgan fingerprint density at radius 1 is 1.35 bits per heavy atom. The van der Waals surface area contributed by atoms with Gasteiger partial charge in [-0.3, -0.25) is 9.59 Å². The minimum Gasteiger partial charge on any atom is -0.468 e. The highest BCUT2D eigenvalue weighted by molar-refractivity contribution is 9.11. The van der Waals surface area contributed by atoms with Gasteiger partial charge in [-0.25, -0.2) is 0 Å². The molecule has 0 aliphatic rings. The average molecular weight is 365 g/mol. The third-order valence-corrected chi connectivity index (χ3v) is 3.25. The summed E-state index contributed by atoms with van der Waals surface area (Å²) >= 11 is 6.61. The molecular formula is C11H11Br2NO3. The minimum absolute atomic E-state index is 0.0716. The van der Waals surface area contributed by atoms with E-state index in [-0.39, 0.29) is 12.5 Å². The van der Waals surface area contributed by atoms with Gasteiger partial charge in [-0.1, -0.05) is 15.9 Å². The van der Waals surface area contributed by atoms with E-state index < -0.39 is 5.97 Å². The van der Waals surface area contributed by atoms with E-state index in [1.807, 2.05) is 0 Å². The largest absolute Gasteiger partial charge is 0.468 e. The number of esters is 1. The molecule has 0 saturated heterocycles. The molecule has 1 rings (SSSR count). The summed E-state index contributed by atoms with van der Waals surface area (Å²) in [4.78, 5) is 24.4. The highest BCUT2D eigenvalue weighted by Crippen LogP contribution is 2.22. The Balaban J connectivity index is 2.85. The van der Waals surface area contributed by atoms with Crippen molar-refractivity contribution in [3.05, 3.63) is 32.7 Å². The molecule has 1 amide bonds. The molecule has 92 valence electrons. The van der Waals surface area contributed by atoms with Crippen LogP contribution in [-0.2, 0) is 9.53 Å². The van der Waals surface area contributed by atoms with Gasteiger partial charge < -0.3 is 9.64 Å². The van der Waals surface area contributed by atoms with Crippen molar-refractivity contribution in [3.8, 4) is 0 Å². The van der Waals surface area contributed by atoms with E-state index in [1.165, 1.54) is 12.0 Å². The maximum atomic E-state index is 12.0. The van der Waals surface area contributed by atoms with Crippen molar-refractivity contribution in [2.45, 2.75) is 0 Å². The minimum atomic E-state index is -0.450. The van der Waals surface area contributed by atoms with Gasteiger partial charge in [0.25, 0.3) is 5.91 Å². The second kappa shape index (κ2) is 6.16. The van der Waals surface area contributed by atoms with Gasteiger partial charge in [0.05, 0.1) is 12.7 Å². The van der Waals surface area contributed by atoms with Crippen molar-refractivity contribution < 1.29 is 14.3 Å². The molecule has 6 heteroatoms. The molecule has 0 radical (unpaired) electrons. The molecule has 4 nitrogen and oxygen atoms in total. The van der Waals surface area contributed by atoms with Crippen LogP contribution >= 0.6 is 31.9 Å². The Morgan fingerprint density at radius 3 is 2.53 bits per heavy atom. The number of likely N-dealkylation sites (N-methyl/N-ethyl adjacent to an activating group) is 1. The van der Waals surface area contributed by atoms with Gasteiger partial charge >= 0.3 is 5.97 Å². The first kappa shape index (κ1) is 14.2. The van der Waals surface area contributed by atoms with Crippen LogP contribution in [-0.4, -0.2) is 37.5 Å². The number of benzene rings is 1. The van der Waals surface area contributed by atoms with Crippen molar-refractivity contribution in [3.63, 3.8) is 0 Å². The zero-order chi connectivity index (χ0) is 13.0. The van der Waals surface area contributed by atoms with Gasteiger partial charge in [-0.15, -0.1) is 0 Å². The Morgan fingerprint density at radius 2 is 2.00 bits per heavy atom. The van der Waals surface area contributed by atoms with E-state index in [0.717, 1.165) is 4.47 Å². The van der Waals surface area contributed by atoms with E-state index in [1.54, 1.807) is 25.2 Å². The molecule has 0 aliphatic heterocycles. The zero-order valence-corrected chi connectivity index (χ0v) is 12.5. The topological polar surface area (TPSA) is 46.6 Å². The smallest absolute Gasteiger partial charge is 0.325 e. The fraction of sp³-hybridized carbons (Fsp3) is 0.273. The number of nitrogens with zero attached hydrogens (tertiary/aromatic N) is 1. The lowest BCUT2D eigenvalue weighted by atomic mass is 10.2. The summed E-state index contributed by atoms with van der Waals surface area (Å²) in [5.41, 5.74) is 0.500. The maximum absolute atomic E-state index is 12.0. The predicted molar refractivity (Wildman–Crippen MR) is 70.8 cm³/mol. The van der Waals surface area contributed by atoms with Crippen molar-refractivity contribution in [2.24, 2.45) is 0 Å². The Labute approximate surface area is 116 Å². The number of carbonyl (C=O) groups is 2. The molecule has 0 atom stereocenters. The molecule has 1 aromatic rings. The lowest BCUT2D eigenvalue weighted by Gasteiger charge is -2.16. The highest BCUT2D eigenvalue weighted by Gasteiger charge is 2.17. The number of rotatable bonds is 3. The fourth-order valence-electron chi connectivity index (χ4n) is 1.20. The van der Waals surface area contributed by atoms with Crippen LogP contribution in [0.3, 0.4) is 0 Å². The van der Waals surface area contributed by atoms with Crippen molar-refractivity contribution >= 4 is 43.7 Å². The maximum Gasteiger partial charge on any atom is 0.325 e.